The van der Waals surface area contributed by atoms with E-state index < -0.39 is 0 Å². The number of nitrogens with zero attached hydrogens (tertiary/aromatic N) is 2. The number of carbonyl (C=O) groups is 1. The van der Waals surface area contributed by atoms with Gasteiger partial charge in [-0.15, -0.1) is 0 Å². The molecule has 0 bridgehead atoms. The number of rotatable bonds is 5. The highest BCUT2D eigenvalue weighted by molar-refractivity contribution is 5.77. The van der Waals surface area contributed by atoms with Crippen LogP contribution in [0.3, 0.4) is 0 Å². The maximum Gasteiger partial charge on any atom is 0.234 e. The van der Waals surface area contributed by atoms with E-state index in [0.29, 0.717) is 26.1 Å². The van der Waals surface area contributed by atoms with E-state index >= 15 is 0 Å². The van der Waals surface area contributed by atoms with Gasteiger partial charge < -0.3 is 5.32 Å². The molecule has 4 heteroatoms. The smallest absolute Gasteiger partial charge is 0.234 e. The summed E-state index contributed by atoms with van der Waals surface area (Å²) in [4.78, 5) is 12.8. The number of nitriles is 1. The zero-order chi connectivity index (χ0) is 9.40. The van der Waals surface area contributed by atoms with Gasteiger partial charge in [0, 0.05) is 19.5 Å². The second kappa shape index (κ2) is 6.62. The number of hydrogen-bond donors (Lipinski definition) is 1. The van der Waals surface area contributed by atoms with Crippen molar-refractivity contribution in [2.45, 2.75) is 13.3 Å². The molecule has 0 atom stereocenters. The monoisotopic (exact) mass is 169 g/mol. The highest BCUT2D eigenvalue weighted by Crippen LogP contribution is 1.84. The maximum absolute atomic E-state index is 11.0. The van der Waals surface area contributed by atoms with Crippen LogP contribution in [0.5, 0.6) is 0 Å². The summed E-state index contributed by atoms with van der Waals surface area (Å²) in [6.07, 6.45) is 0.468. The minimum Gasteiger partial charge on any atom is -0.355 e. The second-order valence-electron chi connectivity index (χ2n) is 2.60. The van der Waals surface area contributed by atoms with E-state index in [4.69, 9.17) is 5.26 Å². The molecule has 12 heavy (non-hydrogen) atoms. The van der Waals surface area contributed by atoms with Gasteiger partial charge in [-0.1, -0.05) is 0 Å². The van der Waals surface area contributed by atoms with Gasteiger partial charge in [0.1, 0.15) is 0 Å². The lowest BCUT2D eigenvalue weighted by molar-refractivity contribution is -0.121. The van der Waals surface area contributed by atoms with E-state index in [1.165, 1.54) is 0 Å². The zero-order valence-electron chi connectivity index (χ0n) is 7.63. The fourth-order valence-electron chi connectivity index (χ4n) is 0.818. The summed E-state index contributed by atoms with van der Waals surface area (Å²) in [5.41, 5.74) is 0. The van der Waals surface area contributed by atoms with Crippen molar-refractivity contribution in [1.29, 1.82) is 5.26 Å². The third-order valence-electron chi connectivity index (χ3n) is 1.39. The van der Waals surface area contributed by atoms with E-state index in [1.807, 2.05) is 24.9 Å². The van der Waals surface area contributed by atoms with Gasteiger partial charge in [0.2, 0.25) is 5.91 Å². The predicted octanol–water partition coefficient (Wildman–Crippen LogP) is -0.0320. The standard InChI is InChI=1S/C8H15N3O/c1-3-10-8(12)7-11(2)6-4-5-9/h3-4,6-7H2,1-2H3,(H,10,12). The minimum absolute atomic E-state index is 0.0120. The first-order valence-corrected chi connectivity index (χ1v) is 4.03. The molecule has 0 unspecified atom stereocenters. The molecule has 0 spiro atoms. The van der Waals surface area contributed by atoms with Crippen LogP contribution >= 0.6 is 0 Å². The van der Waals surface area contributed by atoms with Gasteiger partial charge in [0.25, 0.3) is 0 Å². The van der Waals surface area contributed by atoms with E-state index in [2.05, 4.69) is 5.32 Å². The van der Waals surface area contributed by atoms with Crippen molar-refractivity contribution in [3.8, 4) is 6.07 Å². The summed E-state index contributed by atoms with van der Waals surface area (Å²) < 4.78 is 0. The lowest BCUT2D eigenvalue weighted by Gasteiger charge is -2.13. The van der Waals surface area contributed by atoms with E-state index in [0.717, 1.165) is 0 Å². The lowest BCUT2D eigenvalue weighted by atomic mass is 10.4. The molecule has 0 heterocycles. The highest BCUT2D eigenvalue weighted by Gasteiger charge is 2.03. The lowest BCUT2D eigenvalue weighted by Crippen LogP contribution is -2.35. The van der Waals surface area contributed by atoms with E-state index in [1.54, 1.807) is 0 Å². The van der Waals surface area contributed by atoms with Gasteiger partial charge in [-0.05, 0) is 14.0 Å². The van der Waals surface area contributed by atoms with Crippen LogP contribution in [0.25, 0.3) is 0 Å². The molecule has 0 radical (unpaired) electrons. The van der Waals surface area contributed by atoms with Gasteiger partial charge in [0.15, 0.2) is 0 Å². The summed E-state index contributed by atoms with van der Waals surface area (Å²) in [7, 11) is 1.83. The van der Waals surface area contributed by atoms with Crippen LogP contribution in [0.4, 0.5) is 0 Å². The predicted molar refractivity (Wildman–Crippen MR) is 46.4 cm³/mol. The largest absolute Gasteiger partial charge is 0.355 e. The second-order valence-corrected chi connectivity index (χ2v) is 2.60. The van der Waals surface area contributed by atoms with Crippen molar-refractivity contribution in [2.24, 2.45) is 0 Å². The Morgan fingerprint density at radius 1 is 1.67 bits per heavy atom. The van der Waals surface area contributed by atoms with Crippen molar-refractivity contribution >= 4 is 5.91 Å². The first kappa shape index (κ1) is 10.9. The SMILES string of the molecule is CCNC(=O)CN(C)CCC#N. The molecule has 0 saturated carbocycles. The average Bonchev–Trinajstić information content (AvgIpc) is 2.01. The molecule has 68 valence electrons. The van der Waals surface area contributed by atoms with Crippen molar-refractivity contribution < 1.29 is 4.79 Å². The highest BCUT2D eigenvalue weighted by atomic mass is 16.1. The molecule has 0 aromatic carbocycles. The third-order valence-corrected chi connectivity index (χ3v) is 1.39. The maximum atomic E-state index is 11.0. The first-order chi connectivity index (χ1) is 5.70. The minimum atomic E-state index is 0.0120. The van der Waals surface area contributed by atoms with Crippen molar-refractivity contribution in [3.05, 3.63) is 0 Å². The molecule has 1 N–H and O–H groups in total. The van der Waals surface area contributed by atoms with Crippen LogP contribution < -0.4 is 5.32 Å². The van der Waals surface area contributed by atoms with Gasteiger partial charge in [-0.3, -0.25) is 9.69 Å². The van der Waals surface area contributed by atoms with Gasteiger partial charge in [-0.25, -0.2) is 0 Å². The average molecular weight is 169 g/mol. The molecule has 0 aromatic rings. The quantitative estimate of drug-likeness (QED) is 0.628. The van der Waals surface area contributed by atoms with Crippen LogP contribution in [-0.2, 0) is 4.79 Å². The van der Waals surface area contributed by atoms with Crippen LogP contribution in [0.15, 0.2) is 0 Å². The topological polar surface area (TPSA) is 56.1 Å². The molecule has 0 aliphatic carbocycles. The van der Waals surface area contributed by atoms with Crippen molar-refractivity contribution in [1.82, 2.24) is 10.2 Å². The summed E-state index contributed by atoms with van der Waals surface area (Å²) in [5.74, 6) is 0.0120. The Kier molecular flexibility index (Phi) is 6.02. The fraction of sp³-hybridized carbons (Fsp3) is 0.750. The molecule has 0 fully saturated rings. The van der Waals surface area contributed by atoms with Crippen LogP contribution in [0.1, 0.15) is 13.3 Å². The molecule has 1 amide bonds. The molecule has 0 rings (SSSR count). The molecule has 0 saturated heterocycles. The summed E-state index contributed by atoms with van der Waals surface area (Å²) in [6, 6.07) is 2.03. The number of carbonyl (C=O) groups excluding carboxylic acids is 1. The molecule has 0 aromatic heterocycles. The summed E-state index contributed by atoms with van der Waals surface area (Å²) in [6.45, 7) is 3.56. The first-order valence-electron chi connectivity index (χ1n) is 4.03. The van der Waals surface area contributed by atoms with Gasteiger partial charge in [0.05, 0.1) is 12.6 Å². The Labute approximate surface area is 73.2 Å². The number of amides is 1. The number of likely N-dealkylation sites (N-methyl/N-ethyl adjacent to an activating group) is 2. The Balaban J connectivity index is 3.48. The molecule has 4 nitrogen and oxygen atoms in total. The Morgan fingerprint density at radius 3 is 2.83 bits per heavy atom. The van der Waals surface area contributed by atoms with Crippen molar-refractivity contribution in [2.75, 3.05) is 26.7 Å². The molecule has 0 aliphatic heterocycles. The Morgan fingerprint density at radius 2 is 2.33 bits per heavy atom. The van der Waals surface area contributed by atoms with Crippen LogP contribution in [0.2, 0.25) is 0 Å². The molecule has 0 aliphatic rings. The fourth-order valence-corrected chi connectivity index (χ4v) is 0.818. The Hall–Kier alpha value is -1.08. The van der Waals surface area contributed by atoms with Gasteiger partial charge >= 0.3 is 0 Å². The zero-order valence-corrected chi connectivity index (χ0v) is 7.63. The van der Waals surface area contributed by atoms with E-state index in [-0.39, 0.29) is 5.91 Å². The van der Waals surface area contributed by atoms with Gasteiger partial charge in [-0.2, -0.15) is 5.26 Å². The van der Waals surface area contributed by atoms with Crippen molar-refractivity contribution in [3.63, 3.8) is 0 Å². The summed E-state index contributed by atoms with van der Waals surface area (Å²) in [5, 5.41) is 11.0. The van der Waals surface area contributed by atoms with E-state index in [9.17, 15) is 4.79 Å². The number of hydrogen-bond acceptors (Lipinski definition) is 3. The normalized spacial score (nSPS) is 9.50. The third kappa shape index (κ3) is 5.69. The summed E-state index contributed by atoms with van der Waals surface area (Å²) >= 11 is 0. The molecular weight excluding hydrogens is 154 g/mol. The Bertz CT molecular complexity index is 174. The molecular formula is C8H15N3O. The van der Waals surface area contributed by atoms with Crippen LogP contribution in [-0.4, -0.2) is 37.5 Å². The number of nitrogens with one attached hydrogen (secondary N) is 1. The van der Waals surface area contributed by atoms with Crippen LogP contribution in [0, 0.1) is 11.3 Å².